The molecule has 164 valence electrons. The lowest BCUT2D eigenvalue weighted by atomic mass is 10.0. The van der Waals surface area contributed by atoms with E-state index in [2.05, 4.69) is 20.4 Å². The number of H-pyrrole nitrogens is 1. The van der Waals surface area contributed by atoms with Gasteiger partial charge in [0.25, 0.3) is 0 Å². The Hall–Kier alpha value is -3.98. The van der Waals surface area contributed by atoms with Gasteiger partial charge in [-0.25, -0.2) is 9.99 Å². The predicted molar refractivity (Wildman–Crippen MR) is 118 cm³/mol. The number of hydrogen-bond acceptors (Lipinski definition) is 6. The van der Waals surface area contributed by atoms with E-state index in [1.807, 2.05) is 54.6 Å². The van der Waals surface area contributed by atoms with Crippen molar-refractivity contribution in [1.82, 2.24) is 20.3 Å². The number of amides is 1. The van der Waals surface area contributed by atoms with Crippen molar-refractivity contribution in [3.63, 3.8) is 0 Å². The Morgan fingerprint density at radius 3 is 2.53 bits per heavy atom. The molecule has 3 N–H and O–H groups in total. The predicted octanol–water partition coefficient (Wildman–Crippen LogP) is 2.42. The van der Waals surface area contributed by atoms with Crippen LogP contribution in [0.3, 0.4) is 0 Å². The van der Waals surface area contributed by atoms with E-state index in [0.717, 1.165) is 11.3 Å². The third-order valence-electron chi connectivity index (χ3n) is 5.09. The molecule has 4 rings (SSSR count). The molecule has 2 atom stereocenters. The van der Waals surface area contributed by atoms with Gasteiger partial charge in [-0.05, 0) is 42.0 Å². The first kappa shape index (κ1) is 21.3. The molecular formula is C23H23N5O4. The number of hydrogen-bond donors (Lipinski definition) is 3. The Labute approximate surface area is 184 Å². The molecule has 0 unspecified atom stereocenters. The summed E-state index contributed by atoms with van der Waals surface area (Å²) in [6, 6.07) is 15.4. The Kier molecular flexibility index (Phi) is 6.27. The Morgan fingerprint density at radius 2 is 1.91 bits per heavy atom. The number of hydrazone groups is 1. The molecule has 1 aromatic heterocycles. The van der Waals surface area contributed by atoms with Crippen molar-refractivity contribution in [2.75, 3.05) is 6.54 Å². The van der Waals surface area contributed by atoms with Gasteiger partial charge < -0.3 is 14.8 Å². The van der Waals surface area contributed by atoms with Gasteiger partial charge in [0.1, 0.15) is 17.5 Å². The quantitative estimate of drug-likeness (QED) is 0.502. The number of benzene rings is 2. The van der Waals surface area contributed by atoms with Crippen LogP contribution in [0.25, 0.3) is 0 Å². The van der Waals surface area contributed by atoms with Gasteiger partial charge >= 0.3 is 5.97 Å². The van der Waals surface area contributed by atoms with Gasteiger partial charge in [0.2, 0.25) is 5.91 Å². The van der Waals surface area contributed by atoms with E-state index in [0.29, 0.717) is 17.2 Å². The van der Waals surface area contributed by atoms with Crippen LogP contribution in [0.5, 0.6) is 11.5 Å². The van der Waals surface area contributed by atoms with E-state index in [4.69, 9.17) is 4.74 Å². The SMILES string of the molecule is CC(=O)N1C[C@@H](N[C@@H](Cc2cnc[nH]2)C(=O)O)C(c2ccc(Oc3ccccc3)cc2)=N1. The normalized spacial score (nSPS) is 16.5. The second kappa shape index (κ2) is 9.44. The molecule has 9 heteroatoms. The Balaban J connectivity index is 1.53. The number of ether oxygens (including phenoxy) is 1. The molecule has 0 bridgehead atoms. The lowest BCUT2D eigenvalue weighted by Crippen LogP contribution is -2.49. The van der Waals surface area contributed by atoms with Gasteiger partial charge in [0, 0.05) is 25.2 Å². The third-order valence-corrected chi connectivity index (χ3v) is 5.09. The van der Waals surface area contributed by atoms with Crippen LogP contribution < -0.4 is 10.1 Å². The average Bonchev–Trinajstić information content (AvgIpc) is 3.45. The van der Waals surface area contributed by atoms with Crippen LogP contribution in [-0.4, -0.2) is 56.3 Å². The summed E-state index contributed by atoms with van der Waals surface area (Å²) in [5.74, 6) is 0.182. The van der Waals surface area contributed by atoms with Crippen molar-refractivity contribution in [1.29, 1.82) is 0 Å². The highest BCUT2D eigenvalue weighted by Gasteiger charge is 2.33. The number of carbonyl (C=O) groups excluding carboxylic acids is 1. The number of para-hydroxylation sites is 1. The van der Waals surface area contributed by atoms with Crippen LogP contribution in [0.4, 0.5) is 0 Å². The van der Waals surface area contributed by atoms with Crippen molar-refractivity contribution < 1.29 is 19.4 Å². The second-order valence-electron chi connectivity index (χ2n) is 7.42. The average molecular weight is 433 g/mol. The van der Waals surface area contributed by atoms with Gasteiger partial charge in [-0.1, -0.05) is 18.2 Å². The summed E-state index contributed by atoms with van der Waals surface area (Å²) in [4.78, 5) is 30.7. The first-order valence-electron chi connectivity index (χ1n) is 10.2. The number of aliphatic carboxylic acids is 1. The zero-order valence-corrected chi connectivity index (χ0v) is 17.4. The summed E-state index contributed by atoms with van der Waals surface area (Å²) in [5, 5.41) is 18.6. The maximum Gasteiger partial charge on any atom is 0.321 e. The summed E-state index contributed by atoms with van der Waals surface area (Å²) < 4.78 is 5.83. The topological polar surface area (TPSA) is 120 Å². The Bertz CT molecular complexity index is 1100. The summed E-state index contributed by atoms with van der Waals surface area (Å²) >= 11 is 0. The highest BCUT2D eigenvalue weighted by atomic mass is 16.5. The van der Waals surface area contributed by atoms with Crippen molar-refractivity contribution in [2.45, 2.75) is 25.4 Å². The summed E-state index contributed by atoms with van der Waals surface area (Å²) in [5.41, 5.74) is 2.08. The maximum atomic E-state index is 11.9. The number of imidazole rings is 1. The number of aromatic nitrogens is 2. The molecular weight excluding hydrogens is 410 g/mol. The van der Waals surface area contributed by atoms with E-state index in [1.54, 1.807) is 6.20 Å². The first-order valence-corrected chi connectivity index (χ1v) is 10.2. The maximum absolute atomic E-state index is 11.9. The Morgan fingerprint density at radius 1 is 1.19 bits per heavy atom. The van der Waals surface area contributed by atoms with Gasteiger partial charge in [-0.2, -0.15) is 5.10 Å². The highest BCUT2D eigenvalue weighted by molar-refractivity contribution is 6.06. The van der Waals surface area contributed by atoms with Crippen molar-refractivity contribution in [3.05, 3.63) is 78.4 Å². The molecule has 2 aromatic carbocycles. The standard InChI is InChI=1S/C23H23N5O4/c1-15(29)28-13-21(26-20(23(30)31)11-17-12-24-14-25-17)22(27-28)16-7-9-19(10-8-16)32-18-5-3-2-4-6-18/h2-10,12,14,20-21,26H,11,13H2,1H3,(H,24,25)(H,30,31)/t20-,21+/m0/s1. The molecule has 0 fully saturated rings. The molecule has 1 amide bonds. The van der Waals surface area contributed by atoms with Crippen LogP contribution in [0, 0.1) is 0 Å². The summed E-state index contributed by atoms with van der Waals surface area (Å²) in [7, 11) is 0. The molecule has 32 heavy (non-hydrogen) atoms. The van der Waals surface area contributed by atoms with Crippen LogP contribution in [0.1, 0.15) is 18.2 Å². The number of nitrogens with zero attached hydrogens (tertiary/aromatic N) is 3. The monoisotopic (exact) mass is 433 g/mol. The number of nitrogens with one attached hydrogen (secondary N) is 2. The first-order chi connectivity index (χ1) is 15.5. The molecule has 9 nitrogen and oxygen atoms in total. The molecule has 1 aliphatic heterocycles. The molecule has 0 aliphatic carbocycles. The van der Waals surface area contributed by atoms with Gasteiger partial charge in [0.15, 0.2) is 0 Å². The van der Waals surface area contributed by atoms with E-state index < -0.39 is 18.1 Å². The van der Waals surface area contributed by atoms with E-state index in [-0.39, 0.29) is 18.9 Å². The molecule has 0 saturated carbocycles. The second-order valence-corrected chi connectivity index (χ2v) is 7.42. The van der Waals surface area contributed by atoms with Crippen LogP contribution >= 0.6 is 0 Å². The van der Waals surface area contributed by atoms with Crippen molar-refractivity contribution in [2.24, 2.45) is 5.10 Å². The molecule has 2 heterocycles. The van der Waals surface area contributed by atoms with Crippen LogP contribution in [0.2, 0.25) is 0 Å². The fourth-order valence-corrected chi connectivity index (χ4v) is 3.48. The minimum absolute atomic E-state index is 0.212. The molecule has 0 saturated heterocycles. The van der Waals surface area contributed by atoms with Crippen LogP contribution in [-0.2, 0) is 16.0 Å². The fraction of sp³-hybridized carbons (Fsp3) is 0.217. The van der Waals surface area contributed by atoms with Crippen molar-refractivity contribution >= 4 is 17.6 Å². The number of carbonyl (C=O) groups is 2. The van der Waals surface area contributed by atoms with Crippen LogP contribution in [0.15, 0.2) is 72.2 Å². The van der Waals surface area contributed by atoms with E-state index in [1.165, 1.54) is 18.3 Å². The minimum atomic E-state index is -0.994. The summed E-state index contributed by atoms with van der Waals surface area (Å²) in [6.07, 6.45) is 3.32. The van der Waals surface area contributed by atoms with Gasteiger partial charge in [0.05, 0.1) is 24.6 Å². The lowest BCUT2D eigenvalue weighted by molar-refractivity contribution is -0.139. The third kappa shape index (κ3) is 5.01. The number of rotatable bonds is 8. The smallest absolute Gasteiger partial charge is 0.321 e. The number of carboxylic acids is 1. The lowest BCUT2D eigenvalue weighted by Gasteiger charge is -2.21. The van der Waals surface area contributed by atoms with E-state index >= 15 is 0 Å². The number of carboxylic acid groups (broad SMARTS) is 1. The highest BCUT2D eigenvalue weighted by Crippen LogP contribution is 2.23. The summed E-state index contributed by atoms with van der Waals surface area (Å²) in [6.45, 7) is 1.68. The molecule has 0 radical (unpaired) electrons. The van der Waals surface area contributed by atoms with Crippen molar-refractivity contribution in [3.8, 4) is 11.5 Å². The number of aromatic amines is 1. The fourth-order valence-electron chi connectivity index (χ4n) is 3.48. The minimum Gasteiger partial charge on any atom is -0.480 e. The molecule has 3 aromatic rings. The zero-order chi connectivity index (χ0) is 22.5. The van der Waals surface area contributed by atoms with E-state index in [9.17, 15) is 14.7 Å². The molecule has 0 spiro atoms. The van der Waals surface area contributed by atoms with Gasteiger partial charge in [-0.3, -0.25) is 14.9 Å². The molecule has 1 aliphatic rings. The van der Waals surface area contributed by atoms with Gasteiger partial charge in [-0.15, -0.1) is 0 Å². The zero-order valence-electron chi connectivity index (χ0n) is 17.4. The largest absolute Gasteiger partial charge is 0.480 e.